The summed E-state index contributed by atoms with van der Waals surface area (Å²) in [4.78, 5) is 0. The van der Waals surface area contributed by atoms with Gasteiger partial charge in [-0.1, -0.05) is 0 Å². The van der Waals surface area contributed by atoms with Gasteiger partial charge in [-0.3, -0.25) is 0 Å². The smallest absolute Gasteiger partial charge is 2.00 e. The summed E-state index contributed by atoms with van der Waals surface area (Å²) in [5.74, 6) is 0. The Morgan fingerprint density at radius 3 is 0.800 bits per heavy atom. The minimum absolute atomic E-state index is 0. The molecule has 0 radical (unpaired) electrons. The summed E-state index contributed by atoms with van der Waals surface area (Å²) in [6.45, 7) is 0. The van der Waals surface area contributed by atoms with Crippen LogP contribution in [-0.4, -0.2) is 57.0 Å². The van der Waals surface area contributed by atoms with Crippen molar-refractivity contribution < 1.29 is 21.1 Å². The fourth-order valence-electron chi connectivity index (χ4n) is 0. The molecule has 5 heavy (non-hydrogen) atoms. The SMILES string of the molecule is [As-]=[AsH].[As-]=[AsH].[Pt+2]. The molecule has 0 saturated heterocycles. The van der Waals surface area contributed by atoms with Gasteiger partial charge in [0, 0.05) is 0 Å². The average Bonchev–Trinajstić information content (AvgIpc) is 1.50. The quantitative estimate of drug-likeness (QED) is 0.339. The molecule has 0 aliphatic rings. The molecule has 0 aliphatic heterocycles. The summed E-state index contributed by atoms with van der Waals surface area (Å²) >= 11 is 8.50. The van der Waals surface area contributed by atoms with E-state index in [9.17, 15) is 0 Å². The fourth-order valence-corrected chi connectivity index (χ4v) is 0. The Morgan fingerprint density at radius 2 is 0.800 bits per heavy atom. The topological polar surface area (TPSA) is 0 Å². The van der Waals surface area contributed by atoms with Crippen LogP contribution in [0.5, 0.6) is 0 Å². The summed E-state index contributed by atoms with van der Waals surface area (Å²) in [7, 11) is 0. The molecule has 32 valence electrons. The molecule has 0 unspecified atom stereocenters. The Hall–Kier alpha value is 2.92. The number of hydrogen-bond donors (Lipinski definition) is 0. The number of hydrogen-bond acceptors (Lipinski definition) is 0. The van der Waals surface area contributed by atoms with Gasteiger partial charge in [-0.15, -0.1) is 0 Å². The Bertz CT molecular complexity index is 5.61. The van der Waals surface area contributed by atoms with Crippen LogP contribution in [0, 0.1) is 0 Å². The molecule has 0 heterocycles. The molecular formula is H2As4Pt. The molecule has 0 amide bonds. The third-order valence-corrected chi connectivity index (χ3v) is 0. The van der Waals surface area contributed by atoms with Crippen LogP contribution in [0.25, 0.3) is 0 Å². The molecule has 0 spiro atoms. The second-order valence-corrected chi connectivity index (χ2v) is 0. The average molecular weight is 497 g/mol. The Kier molecular flexibility index (Phi) is 89.1. The maximum absolute atomic E-state index is 2.31. The summed E-state index contributed by atoms with van der Waals surface area (Å²) in [5, 5.41) is 0. The van der Waals surface area contributed by atoms with Crippen molar-refractivity contribution in [3.05, 3.63) is 0 Å². The first kappa shape index (κ1) is 15.7. The van der Waals surface area contributed by atoms with Gasteiger partial charge in [0.1, 0.15) is 0 Å². The third-order valence-electron chi connectivity index (χ3n) is 0. The maximum Gasteiger partial charge on any atom is 2.00 e. The Labute approximate surface area is 76.6 Å². The van der Waals surface area contributed by atoms with Gasteiger partial charge < -0.3 is 0 Å². The zero-order valence-electron chi connectivity index (χ0n) is 2.21. The van der Waals surface area contributed by atoms with E-state index < -0.39 is 0 Å². The van der Waals surface area contributed by atoms with Crippen molar-refractivity contribution >= 4 is 57.0 Å². The first-order valence-corrected chi connectivity index (χ1v) is 12.1. The van der Waals surface area contributed by atoms with Crippen molar-refractivity contribution in [3.8, 4) is 0 Å². The van der Waals surface area contributed by atoms with E-state index >= 15 is 0 Å². The van der Waals surface area contributed by atoms with Crippen molar-refractivity contribution in [3.63, 3.8) is 0 Å². The van der Waals surface area contributed by atoms with E-state index in [2.05, 4.69) is 28.5 Å². The molecule has 0 aromatic carbocycles. The van der Waals surface area contributed by atoms with Crippen molar-refractivity contribution in [2.24, 2.45) is 0 Å². The molecule has 0 fully saturated rings. The molecule has 0 N–H and O–H groups in total. The fraction of sp³-hybridized carbons (Fsp3) is 0. The second-order valence-electron chi connectivity index (χ2n) is 0. The van der Waals surface area contributed by atoms with E-state index in [1.54, 1.807) is 0 Å². The summed E-state index contributed by atoms with van der Waals surface area (Å²) in [6, 6.07) is 0. The van der Waals surface area contributed by atoms with E-state index in [-0.39, 0.29) is 21.1 Å². The van der Waals surface area contributed by atoms with Crippen LogP contribution in [0.2, 0.25) is 0 Å². The van der Waals surface area contributed by atoms with Gasteiger partial charge in [0.05, 0.1) is 0 Å². The number of rotatable bonds is 0. The van der Waals surface area contributed by atoms with E-state index in [0.29, 0.717) is 0 Å². The Balaban J connectivity index is -0.0000000133. The van der Waals surface area contributed by atoms with Crippen molar-refractivity contribution in [2.75, 3.05) is 0 Å². The van der Waals surface area contributed by atoms with Gasteiger partial charge in [0.25, 0.3) is 0 Å². The monoisotopic (exact) mass is 497 g/mol. The first-order valence-electron chi connectivity index (χ1n) is 0.447. The zero-order valence-corrected chi connectivity index (χ0v) is 12.4. The predicted octanol–water partition coefficient (Wildman–Crippen LogP) is -2.06. The van der Waals surface area contributed by atoms with Crippen molar-refractivity contribution in [1.82, 2.24) is 0 Å². The molecule has 0 atom stereocenters. The minimum atomic E-state index is 0. The standard InChI is InChI=1S/2As2H.Pt/c2*1-2;/h2*1H;/q2*-1;+2. The molecule has 0 nitrogen and oxygen atoms in total. The summed E-state index contributed by atoms with van der Waals surface area (Å²) in [5.41, 5.74) is 0. The zero-order chi connectivity index (χ0) is 4.00. The molecule has 0 saturated carbocycles. The van der Waals surface area contributed by atoms with Gasteiger partial charge in [-0.2, -0.15) is 0 Å². The van der Waals surface area contributed by atoms with Crippen LogP contribution in [0.3, 0.4) is 0 Å². The normalized spacial score (nSPS) is 1.60. The van der Waals surface area contributed by atoms with Crippen LogP contribution >= 0.6 is 0 Å². The van der Waals surface area contributed by atoms with E-state index in [4.69, 9.17) is 0 Å². The predicted molar refractivity (Wildman–Crippen MR) is 25.8 cm³/mol. The van der Waals surface area contributed by atoms with Gasteiger partial charge in [0.15, 0.2) is 0 Å². The summed E-state index contributed by atoms with van der Waals surface area (Å²) < 4.78 is 0. The van der Waals surface area contributed by atoms with Crippen molar-refractivity contribution in [2.45, 2.75) is 0 Å². The maximum atomic E-state index is 2.31. The second kappa shape index (κ2) is 28.4. The van der Waals surface area contributed by atoms with Gasteiger partial charge >= 0.3 is 78.0 Å². The van der Waals surface area contributed by atoms with Crippen LogP contribution in [-0.2, 0) is 21.1 Å². The molecular weight excluding hydrogens is 495 g/mol. The van der Waals surface area contributed by atoms with Gasteiger partial charge in [-0.25, -0.2) is 0 Å². The van der Waals surface area contributed by atoms with E-state index in [1.807, 2.05) is 28.5 Å². The van der Waals surface area contributed by atoms with Crippen molar-refractivity contribution in [1.29, 1.82) is 0 Å². The summed E-state index contributed by atoms with van der Waals surface area (Å²) in [6.07, 6.45) is 0. The van der Waals surface area contributed by atoms with E-state index in [1.165, 1.54) is 0 Å². The molecule has 5 heteroatoms. The molecule has 0 aromatic rings. The first-order chi connectivity index (χ1) is 2.00. The minimum Gasteiger partial charge on any atom is 2.00 e. The largest absolute Gasteiger partial charge is 2.00 e. The van der Waals surface area contributed by atoms with Crippen LogP contribution in [0.1, 0.15) is 0 Å². The van der Waals surface area contributed by atoms with E-state index in [0.717, 1.165) is 0 Å². The van der Waals surface area contributed by atoms with Gasteiger partial charge in [0.2, 0.25) is 0 Å². The molecule has 0 rings (SSSR count). The third kappa shape index (κ3) is 19.6. The van der Waals surface area contributed by atoms with Gasteiger partial charge in [-0.05, 0) is 0 Å². The van der Waals surface area contributed by atoms with Crippen LogP contribution in [0.15, 0.2) is 0 Å². The molecule has 0 bridgehead atoms. The molecule has 0 aliphatic carbocycles. The van der Waals surface area contributed by atoms with Crippen LogP contribution < -0.4 is 0 Å². The van der Waals surface area contributed by atoms with Crippen LogP contribution in [0.4, 0.5) is 0 Å². The molecule has 0 aromatic heterocycles. The Morgan fingerprint density at radius 1 is 0.800 bits per heavy atom.